The molecular formula is C19H33N5O2S. The number of aliphatic imine (C=N–C) groups is 1. The summed E-state index contributed by atoms with van der Waals surface area (Å²) < 4.78 is 27.8. The van der Waals surface area contributed by atoms with E-state index in [1.165, 1.54) is 0 Å². The molecule has 2 rings (SSSR count). The number of piperazine rings is 1. The van der Waals surface area contributed by atoms with E-state index in [9.17, 15) is 8.42 Å². The minimum Gasteiger partial charge on any atom is -0.357 e. The topological polar surface area (TPSA) is 77.0 Å². The lowest BCUT2D eigenvalue weighted by Gasteiger charge is -2.32. The van der Waals surface area contributed by atoms with Crippen molar-refractivity contribution in [3.8, 4) is 0 Å². The smallest absolute Gasteiger partial charge is 0.243 e. The summed E-state index contributed by atoms with van der Waals surface area (Å²) >= 11 is 0. The molecule has 2 N–H and O–H groups in total. The van der Waals surface area contributed by atoms with Crippen LogP contribution >= 0.6 is 0 Å². The Morgan fingerprint density at radius 3 is 2.48 bits per heavy atom. The molecular weight excluding hydrogens is 362 g/mol. The lowest BCUT2D eigenvalue weighted by molar-refractivity contribution is 0.222. The normalized spacial score (nSPS) is 17.1. The third-order valence-corrected chi connectivity index (χ3v) is 6.63. The Hall–Kier alpha value is -1.64. The Morgan fingerprint density at radius 2 is 1.81 bits per heavy atom. The SMILES string of the molecule is CCCCNC(=NCc1ccccc1S(=O)(=O)N1CCN(C)CC1)NCC. The van der Waals surface area contributed by atoms with Gasteiger partial charge in [-0.05, 0) is 32.0 Å². The van der Waals surface area contributed by atoms with Crippen molar-refractivity contribution in [3.63, 3.8) is 0 Å². The molecule has 0 spiro atoms. The second kappa shape index (κ2) is 10.6. The van der Waals surface area contributed by atoms with Crippen LogP contribution in [0.4, 0.5) is 0 Å². The van der Waals surface area contributed by atoms with Crippen LogP contribution in [-0.4, -0.2) is 69.9 Å². The standard InChI is InChI=1S/C19H33N5O2S/c1-4-6-11-21-19(20-5-2)22-16-17-9-7-8-10-18(17)27(25,26)24-14-12-23(3)13-15-24/h7-10H,4-6,11-16H2,1-3H3,(H2,20,21,22). The van der Waals surface area contributed by atoms with Crippen LogP contribution < -0.4 is 10.6 Å². The maximum absolute atomic E-state index is 13.1. The van der Waals surface area contributed by atoms with Crippen LogP contribution in [0.15, 0.2) is 34.2 Å². The maximum Gasteiger partial charge on any atom is 0.243 e. The van der Waals surface area contributed by atoms with Gasteiger partial charge in [0.25, 0.3) is 0 Å². The molecule has 0 aliphatic carbocycles. The Bertz CT molecular complexity index is 713. The van der Waals surface area contributed by atoms with Crippen molar-refractivity contribution in [1.82, 2.24) is 19.8 Å². The number of hydrogen-bond acceptors (Lipinski definition) is 4. The highest BCUT2D eigenvalue weighted by Crippen LogP contribution is 2.22. The van der Waals surface area contributed by atoms with Crippen LogP contribution in [0.3, 0.4) is 0 Å². The molecule has 0 bridgehead atoms. The lowest BCUT2D eigenvalue weighted by Crippen LogP contribution is -2.47. The maximum atomic E-state index is 13.1. The Labute approximate surface area is 163 Å². The molecule has 1 aromatic rings. The molecule has 0 amide bonds. The summed E-state index contributed by atoms with van der Waals surface area (Å²) in [5, 5.41) is 6.50. The summed E-state index contributed by atoms with van der Waals surface area (Å²) in [6.45, 7) is 8.66. The van der Waals surface area contributed by atoms with E-state index < -0.39 is 10.0 Å². The highest BCUT2D eigenvalue weighted by atomic mass is 32.2. The Balaban J connectivity index is 2.17. The van der Waals surface area contributed by atoms with Crippen molar-refractivity contribution in [2.24, 2.45) is 4.99 Å². The van der Waals surface area contributed by atoms with Gasteiger partial charge < -0.3 is 15.5 Å². The van der Waals surface area contributed by atoms with Crippen molar-refractivity contribution in [1.29, 1.82) is 0 Å². The highest BCUT2D eigenvalue weighted by molar-refractivity contribution is 7.89. The van der Waals surface area contributed by atoms with Crippen LogP contribution in [0, 0.1) is 0 Å². The van der Waals surface area contributed by atoms with Gasteiger partial charge in [0.2, 0.25) is 10.0 Å². The molecule has 1 aliphatic heterocycles. The first-order chi connectivity index (χ1) is 13.0. The Morgan fingerprint density at radius 1 is 1.11 bits per heavy atom. The molecule has 8 heteroatoms. The summed E-state index contributed by atoms with van der Waals surface area (Å²) in [6.07, 6.45) is 2.18. The number of rotatable bonds is 8. The summed E-state index contributed by atoms with van der Waals surface area (Å²) in [6, 6.07) is 7.18. The third kappa shape index (κ3) is 6.19. The zero-order valence-electron chi connectivity index (χ0n) is 16.7. The van der Waals surface area contributed by atoms with E-state index in [1.54, 1.807) is 16.4 Å². The molecule has 1 saturated heterocycles. The van der Waals surface area contributed by atoms with E-state index in [0.717, 1.165) is 50.5 Å². The number of benzene rings is 1. The quantitative estimate of drug-likeness (QED) is 0.396. The number of guanidine groups is 1. The number of nitrogens with one attached hydrogen (secondary N) is 2. The monoisotopic (exact) mass is 395 g/mol. The number of likely N-dealkylation sites (N-methyl/N-ethyl adjacent to an activating group) is 1. The predicted octanol–water partition coefficient (Wildman–Crippen LogP) is 1.48. The van der Waals surface area contributed by atoms with Crippen LogP contribution in [0.5, 0.6) is 0 Å². The average molecular weight is 396 g/mol. The number of nitrogens with zero attached hydrogens (tertiary/aromatic N) is 3. The zero-order chi connectivity index (χ0) is 19.7. The van der Waals surface area contributed by atoms with Gasteiger partial charge in [-0.2, -0.15) is 4.31 Å². The van der Waals surface area contributed by atoms with Gasteiger partial charge in [-0.15, -0.1) is 0 Å². The van der Waals surface area contributed by atoms with Crippen LogP contribution in [0.1, 0.15) is 32.3 Å². The van der Waals surface area contributed by atoms with Gasteiger partial charge in [0.15, 0.2) is 5.96 Å². The fourth-order valence-corrected chi connectivity index (χ4v) is 4.58. The lowest BCUT2D eigenvalue weighted by atomic mass is 10.2. The van der Waals surface area contributed by atoms with Crippen molar-refractivity contribution in [2.45, 2.75) is 38.1 Å². The van der Waals surface area contributed by atoms with Gasteiger partial charge in [-0.1, -0.05) is 31.5 Å². The molecule has 1 aromatic carbocycles. The van der Waals surface area contributed by atoms with Crippen molar-refractivity contribution in [2.75, 3.05) is 46.3 Å². The minimum absolute atomic E-state index is 0.324. The van der Waals surface area contributed by atoms with Crippen LogP contribution in [-0.2, 0) is 16.6 Å². The summed E-state index contributed by atoms with van der Waals surface area (Å²) in [4.78, 5) is 7.10. The van der Waals surface area contributed by atoms with E-state index in [4.69, 9.17) is 0 Å². The molecule has 0 unspecified atom stereocenters. The second-order valence-corrected chi connectivity index (χ2v) is 8.70. The van der Waals surface area contributed by atoms with Gasteiger partial charge in [-0.25, -0.2) is 13.4 Å². The molecule has 1 heterocycles. The molecule has 1 fully saturated rings. The first kappa shape index (κ1) is 21.7. The molecule has 0 atom stereocenters. The molecule has 152 valence electrons. The van der Waals surface area contributed by atoms with E-state index in [1.807, 2.05) is 26.1 Å². The van der Waals surface area contributed by atoms with Gasteiger partial charge >= 0.3 is 0 Å². The van der Waals surface area contributed by atoms with E-state index >= 15 is 0 Å². The summed E-state index contributed by atoms with van der Waals surface area (Å²) in [5.74, 6) is 0.720. The van der Waals surface area contributed by atoms with E-state index in [-0.39, 0.29) is 0 Å². The third-order valence-electron chi connectivity index (χ3n) is 4.63. The number of unbranched alkanes of at least 4 members (excludes halogenated alkanes) is 1. The van der Waals surface area contributed by atoms with Gasteiger partial charge in [0, 0.05) is 39.3 Å². The second-order valence-electron chi connectivity index (χ2n) is 6.79. The molecule has 0 saturated carbocycles. The highest BCUT2D eigenvalue weighted by Gasteiger charge is 2.29. The average Bonchev–Trinajstić information content (AvgIpc) is 2.67. The molecule has 0 aromatic heterocycles. The summed E-state index contributed by atoms with van der Waals surface area (Å²) in [7, 11) is -1.49. The van der Waals surface area contributed by atoms with Gasteiger partial charge in [0.05, 0.1) is 11.4 Å². The Kier molecular flexibility index (Phi) is 8.53. The molecule has 0 radical (unpaired) electrons. The molecule has 27 heavy (non-hydrogen) atoms. The minimum atomic E-state index is -3.50. The van der Waals surface area contributed by atoms with E-state index in [0.29, 0.717) is 24.5 Å². The van der Waals surface area contributed by atoms with Crippen molar-refractivity contribution < 1.29 is 8.42 Å². The van der Waals surface area contributed by atoms with Crippen molar-refractivity contribution >= 4 is 16.0 Å². The van der Waals surface area contributed by atoms with Gasteiger partial charge in [0.1, 0.15) is 0 Å². The first-order valence-electron chi connectivity index (χ1n) is 9.77. The predicted molar refractivity (Wildman–Crippen MR) is 110 cm³/mol. The molecule has 7 nitrogen and oxygen atoms in total. The zero-order valence-corrected chi connectivity index (χ0v) is 17.6. The van der Waals surface area contributed by atoms with E-state index in [2.05, 4.69) is 27.4 Å². The van der Waals surface area contributed by atoms with Gasteiger partial charge in [-0.3, -0.25) is 0 Å². The molecule has 1 aliphatic rings. The van der Waals surface area contributed by atoms with Crippen molar-refractivity contribution in [3.05, 3.63) is 29.8 Å². The number of sulfonamides is 1. The summed E-state index contributed by atoms with van der Waals surface area (Å²) in [5.41, 5.74) is 0.726. The first-order valence-corrected chi connectivity index (χ1v) is 11.2. The fourth-order valence-electron chi connectivity index (χ4n) is 2.94. The number of hydrogen-bond donors (Lipinski definition) is 2. The van der Waals surface area contributed by atoms with Crippen LogP contribution in [0.25, 0.3) is 0 Å². The fraction of sp³-hybridized carbons (Fsp3) is 0.632. The largest absolute Gasteiger partial charge is 0.357 e. The van der Waals surface area contributed by atoms with Crippen LogP contribution in [0.2, 0.25) is 0 Å².